The van der Waals surface area contributed by atoms with Crippen molar-refractivity contribution in [2.24, 2.45) is 23.9 Å². The number of likely N-dealkylation sites (tertiary alicyclic amines) is 1. The zero-order valence-electron chi connectivity index (χ0n) is 16.4. The van der Waals surface area contributed by atoms with Gasteiger partial charge in [0.25, 0.3) is 5.91 Å². The van der Waals surface area contributed by atoms with Crippen LogP contribution in [0.15, 0.2) is 23.2 Å². The number of thioether (sulfide) groups is 1. The van der Waals surface area contributed by atoms with Gasteiger partial charge in [-0.15, -0.1) is 11.8 Å². The number of aromatic nitrogens is 1. The third kappa shape index (κ3) is 5.02. The molecule has 7 heteroatoms. The molecular formula is C20H27N3O2S2. The molecule has 0 unspecified atom stereocenters. The van der Waals surface area contributed by atoms with E-state index in [2.05, 4.69) is 44.0 Å². The number of aryl methyl sites for hydroxylation is 2. The van der Waals surface area contributed by atoms with E-state index < -0.39 is 0 Å². The van der Waals surface area contributed by atoms with Crippen LogP contribution >= 0.6 is 23.1 Å². The quantitative estimate of drug-likeness (QED) is 0.785. The zero-order chi connectivity index (χ0) is 19.6. The van der Waals surface area contributed by atoms with Gasteiger partial charge in [0.2, 0.25) is 5.91 Å². The van der Waals surface area contributed by atoms with Crippen LogP contribution in [0.25, 0.3) is 10.2 Å². The maximum Gasteiger partial charge on any atom is 0.258 e. The highest BCUT2D eigenvalue weighted by Gasteiger charge is 2.25. The lowest BCUT2D eigenvalue weighted by atomic mass is 9.92. The molecule has 0 spiro atoms. The second kappa shape index (κ2) is 8.61. The van der Waals surface area contributed by atoms with E-state index in [0.717, 1.165) is 23.3 Å². The Bertz CT molecular complexity index is 906. The third-order valence-electron chi connectivity index (χ3n) is 4.86. The van der Waals surface area contributed by atoms with Crippen molar-refractivity contribution in [2.75, 3.05) is 24.6 Å². The second-order valence-corrected chi connectivity index (χ2v) is 9.65. The Morgan fingerprint density at radius 1 is 1.22 bits per heavy atom. The summed E-state index contributed by atoms with van der Waals surface area (Å²) in [5.74, 6) is 1.63. The van der Waals surface area contributed by atoms with Crippen LogP contribution in [0.5, 0.6) is 0 Å². The maximum atomic E-state index is 12.4. The van der Waals surface area contributed by atoms with Crippen LogP contribution in [-0.4, -0.2) is 45.9 Å². The second-order valence-electron chi connectivity index (χ2n) is 7.66. The highest BCUT2D eigenvalue weighted by Crippen LogP contribution is 2.22. The molecule has 0 saturated carbocycles. The first-order valence-corrected chi connectivity index (χ1v) is 11.3. The summed E-state index contributed by atoms with van der Waals surface area (Å²) in [4.78, 5) is 31.5. The first-order valence-electron chi connectivity index (χ1n) is 9.32. The Morgan fingerprint density at radius 2 is 1.93 bits per heavy atom. The van der Waals surface area contributed by atoms with E-state index in [1.807, 2.05) is 16.5 Å². The van der Waals surface area contributed by atoms with Crippen LogP contribution in [0.3, 0.4) is 0 Å². The largest absolute Gasteiger partial charge is 0.341 e. The van der Waals surface area contributed by atoms with Gasteiger partial charge in [0.1, 0.15) is 0 Å². The van der Waals surface area contributed by atoms with Crippen molar-refractivity contribution < 1.29 is 9.59 Å². The van der Waals surface area contributed by atoms with Gasteiger partial charge in [-0.05, 0) is 42.9 Å². The van der Waals surface area contributed by atoms with Crippen LogP contribution in [0.2, 0.25) is 0 Å². The number of carbonyl (C=O) groups excluding carboxylic acids is 2. The average Bonchev–Trinajstić information content (AvgIpc) is 2.88. The van der Waals surface area contributed by atoms with E-state index in [1.54, 1.807) is 0 Å². The van der Waals surface area contributed by atoms with Gasteiger partial charge in [-0.2, -0.15) is 4.99 Å². The van der Waals surface area contributed by atoms with Crippen LogP contribution < -0.4 is 4.80 Å². The first-order chi connectivity index (χ1) is 12.8. The zero-order valence-corrected chi connectivity index (χ0v) is 18.0. The van der Waals surface area contributed by atoms with Gasteiger partial charge in [0.05, 0.1) is 21.7 Å². The van der Waals surface area contributed by atoms with E-state index in [1.165, 1.54) is 35.1 Å². The number of nitrogens with zero attached hydrogens (tertiary/aromatic N) is 3. The summed E-state index contributed by atoms with van der Waals surface area (Å²) in [6, 6.07) is 6.22. The molecule has 0 radical (unpaired) electrons. The number of carbonyl (C=O) groups is 2. The topological polar surface area (TPSA) is 54.7 Å². The number of benzene rings is 1. The lowest BCUT2D eigenvalue weighted by Gasteiger charge is -2.35. The van der Waals surface area contributed by atoms with Gasteiger partial charge < -0.3 is 9.47 Å². The smallest absolute Gasteiger partial charge is 0.258 e. The van der Waals surface area contributed by atoms with Gasteiger partial charge in [0.15, 0.2) is 4.80 Å². The molecule has 2 aromatic rings. The Morgan fingerprint density at radius 3 is 2.63 bits per heavy atom. The van der Waals surface area contributed by atoms with Crippen molar-refractivity contribution in [3.8, 4) is 0 Å². The standard InChI is InChI=1S/C20H27N3O2S2/c1-13-5-6-16-17(8-13)27-20(22(16)4)21-18(24)11-26-12-19(25)23-9-14(2)7-15(3)10-23/h5-6,8,14-15H,7,9-12H2,1-4H3/t14-,15-/m1/s1. The fraction of sp³-hybridized carbons (Fsp3) is 0.550. The Kier molecular flexibility index (Phi) is 6.42. The normalized spacial score (nSPS) is 21.0. The molecule has 146 valence electrons. The van der Waals surface area contributed by atoms with E-state index in [-0.39, 0.29) is 17.6 Å². The Labute approximate surface area is 168 Å². The molecule has 1 aliphatic rings. The van der Waals surface area contributed by atoms with Crippen molar-refractivity contribution in [3.05, 3.63) is 28.6 Å². The number of thiazole rings is 1. The number of hydrogen-bond acceptors (Lipinski definition) is 4. The molecule has 1 aromatic carbocycles. The number of rotatable bonds is 4. The minimum Gasteiger partial charge on any atom is -0.341 e. The molecule has 1 aromatic heterocycles. The summed E-state index contributed by atoms with van der Waals surface area (Å²) in [6.45, 7) is 8.10. The number of fused-ring (bicyclic) bond motifs is 1. The third-order valence-corrected chi connectivity index (χ3v) is 6.85. The van der Waals surface area contributed by atoms with Crippen LogP contribution in [0.4, 0.5) is 0 Å². The summed E-state index contributed by atoms with van der Waals surface area (Å²) in [7, 11) is 1.93. The van der Waals surface area contributed by atoms with Crippen molar-refractivity contribution in [1.29, 1.82) is 0 Å². The van der Waals surface area contributed by atoms with E-state index in [4.69, 9.17) is 0 Å². The molecule has 1 fully saturated rings. The number of piperidine rings is 1. The van der Waals surface area contributed by atoms with Gasteiger partial charge in [0, 0.05) is 20.1 Å². The molecule has 2 amide bonds. The van der Waals surface area contributed by atoms with Gasteiger partial charge in [-0.25, -0.2) is 0 Å². The summed E-state index contributed by atoms with van der Waals surface area (Å²) < 4.78 is 3.07. The summed E-state index contributed by atoms with van der Waals surface area (Å²) in [5.41, 5.74) is 2.27. The van der Waals surface area contributed by atoms with E-state index >= 15 is 0 Å². The highest BCUT2D eigenvalue weighted by atomic mass is 32.2. The monoisotopic (exact) mass is 405 g/mol. The summed E-state index contributed by atoms with van der Waals surface area (Å²) in [5, 5.41) is 0. The van der Waals surface area contributed by atoms with E-state index in [9.17, 15) is 9.59 Å². The predicted molar refractivity (Wildman–Crippen MR) is 113 cm³/mol. The molecule has 27 heavy (non-hydrogen) atoms. The van der Waals surface area contributed by atoms with Gasteiger partial charge >= 0.3 is 0 Å². The SMILES string of the molecule is Cc1ccc2c(c1)sc(=NC(=O)CSCC(=O)N1C[C@H](C)C[C@@H](C)C1)n2C. The van der Waals surface area contributed by atoms with Gasteiger partial charge in [-0.3, -0.25) is 9.59 Å². The molecule has 0 aliphatic carbocycles. The van der Waals surface area contributed by atoms with Crippen LogP contribution in [-0.2, 0) is 16.6 Å². The molecule has 0 bridgehead atoms. The lowest BCUT2D eigenvalue weighted by molar-refractivity contribution is -0.130. The highest BCUT2D eigenvalue weighted by molar-refractivity contribution is 8.00. The molecule has 1 aliphatic heterocycles. The molecular weight excluding hydrogens is 378 g/mol. The lowest BCUT2D eigenvalue weighted by Crippen LogP contribution is -2.43. The van der Waals surface area contributed by atoms with Crippen molar-refractivity contribution in [2.45, 2.75) is 27.2 Å². The number of amides is 2. The fourth-order valence-corrected chi connectivity index (χ4v) is 5.50. The van der Waals surface area contributed by atoms with Crippen molar-refractivity contribution in [1.82, 2.24) is 9.47 Å². The Balaban J connectivity index is 1.57. The summed E-state index contributed by atoms with van der Waals surface area (Å²) >= 11 is 2.88. The van der Waals surface area contributed by atoms with Crippen molar-refractivity contribution in [3.63, 3.8) is 0 Å². The van der Waals surface area contributed by atoms with Gasteiger partial charge in [-0.1, -0.05) is 31.3 Å². The van der Waals surface area contributed by atoms with Crippen LogP contribution in [0.1, 0.15) is 25.8 Å². The maximum absolute atomic E-state index is 12.4. The average molecular weight is 406 g/mol. The molecule has 2 heterocycles. The molecule has 0 N–H and O–H groups in total. The molecule has 1 saturated heterocycles. The minimum absolute atomic E-state index is 0.133. The minimum atomic E-state index is -0.188. The summed E-state index contributed by atoms with van der Waals surface area (Å²) in [6.07, 6.45) is 1.18. The van der Waals surface area contributed by atoms with Crippen molar-refractivity contribution >= 4 is 45.1 Å². The predicted octanol–water partition coefficient (Wildman–Crippen LogP) is 3.21. The Hall–Kier alpha value is -1.60. The molecule has 3 rings (SSSR count). The molecule has 5 nitrogen and oxygen atoms in total. The fourth-order valence-electron chi connectivity index (χ4n) is 3.67. The number of hydrogen-bond donors (Lipinski definition) is 0. The first kappa shape index (κ1) is 20.1. The molecule has 2 atom stereocenters. The van der Waals surface area contributed by atoms with Crippen LogP contribution in [0, 0.1) is 18.8 Å². The van der Waals surface area contributed by atoms with E-state index in [0.29, 0.717) is 22.4 Å².